The number of rotatable bonds is 1. The number of carbonyl (C=O) groups is 2. The van der Waals surface area contributed by atoms with Gasteiger partial charge in [-0.3, -0.25) is 9.59 Å². The molecule has 0 bridgehead atoms. The second-order valence-corrected chi connectivity index (χ2v) is 2.80. The summed E-state index contributed by atoms with van der Waals surface area (Å²) in [6, 6.07) is 0. The van der Waals surface area contributed by atoms with Crippen molar-refractivity contribution < 1.29 is 9.59 Å². The third-order valence-corrected chi connectivity index (χ3v) is 1.86. The van der Waals surface area contributed by atoms with Gasteiger partial charge in [0.05, 0.1) is 6.42 Å². The van der Waals surface area contributed by atoms with Crippen LogP contribution in [0, 0.1) is 0 Å². The smallest absolute Gasteiger partial charge is 0.238 e. The fraction of sp³-hybridized carbons (Fsp3) is 0.667. The Balaban J connectivity index is 2.70. The lowest BCUT2D eigenvalue weighted by Crippen LogP contribution is -2.59. The lowest BCUT2D eigenvalue weighted by Gasteiger charge is -2.29. The maximum Gasteiger partial charge on any atom is 0.238 e. The maximum absolute atomic E-state index is 10.8. The molecule has 5 nitrogen and oxygen atoms in total. The fourth-order valence-electron chi connectivity index (χ4n) is 1.07. The third-order valence-electron chi connectivity index (χ3n) is 1.86. The predicted molar refractivity (Wildman–Crippen MR) is 38.4 cm³/mol. The van der Waals surface area contributed by atoms with Crippen molar-refractivity contribution in [3.63, 3.8) is 0 Å². The first kappa shape index (κ1) is 8.00. The average Bonchev–Trinajstić information content (AvgIpc) is 1.86. The molecule has 5 heteroatoms. The van der Waals surface area contributed by atoms with Crippen molar-refractivity contribution in [3.8, 4) is 0 Å². The molecule has 0 spiro atoms. The Morgan fingerprint density at radius 3 is 2.64 bits per heavy atom. The summed E-state index contributed by atoms with van der Waals surface area (Å²) in [4.78, 5) is 21.5. The van der Waals surface area contributed by atoms with Gasteiger partial charge in [0, 0.05) is 6.54 Å². The normalized spacial score (nSPS) is 31.2. The molecular formula is C6H11N3O2. The van der Waals surface area contributed by atoms with Gasteiger partial charge in [0.2, 0.25) is 11.8 Å². The summed E-state index contributed by atoms with van der Waals surface area (Å²) in [5, 5.41) is 2.57. The second-order valence-electron chi connectivity index (χ2n) is 2.80. The summed E-state index contributed by atoms with van der Waals surface area (Å²) < 4.78 is 0. The molecule has 11 heavy (non-hydrogen) atoms. The van der Waals surface area contributed by atoms with Crippen molar-refractivity contribution in [2.24, 2.45) is 11.5 Å². The number of amides is 2. The molecule has 0 aromatic carbocycles. The average molecular weight is 157 g/mol. The van der Waals surface area contributed by atoms with E-state index in [0.717, 1.165) is 0 Å². The highest BCUT2D eigenvalue weighted by atomic mass is 16.2. The number of hydrogen-bond donors (Lipinski definition) is 3. The van der Waals surface area contributed by atoms with E-state index in [1.165, 1.54) is 0 Å². The van der Waals surface area contributed by atoms with Crippen LogP contribution in [0.2, 0.25) is 0 Å². The van der Waals surface area contributed by atoms with E-state index in [2.05, 4.69) is 5.32 Å². The molecule has 0 aromatic rings. The van der Waals surface area contributed by atoms with E-state index in [0.29, 0.717) is 13.0 Å². The predicted octanol–water partition coefficient (Wildman–Crippen LogP) is -1.92. The summed E-state index contributed by atoms with van der Waals surface area (Å²) in [5.74, 6) is -0.815. The Morgan fingerprint density at radius 2 is 2.27 bits per heavy atom. The maximum atomic E-state index is 10.8. The zero-order chi connectivity index (χ0) is 8.48. The number of nitrogens with one attached hydrogen (secondary N) is 1. The largest absolute Gasteiger partial charge is 0.368 e. The van der Waals surface area contributed by atoms with Crippen molar-refractivity contribution >= 4 is 11.8 Å². The third kappa shape index (κ3) is 1.48. The van der Waals surface area contributed by atoms with Gasteiger partial charge in [0.1, 0.15) is 5.54 Å². The van der Waals surface area contributed by atoms with Crippen LogP contribution >= 0.6 is 0 Å². The molecule has 1 unspecified atom stereocenters. The van der Waals surface area contributed by atoms with E-state index >= 15 is 0 Å². The van der Waals surface area contributed by atoms with Crippen molar-refractivity contribution in [1.29, 1.82) is 0 Å². The van der Waals surface area contributed by atoms with Crippen LogP contribution in [-0.2, 0) is 9.59 Å². The number of nitrogens with two attached hydrogens (primary N) is 2. The minimum atomic E-state index is -1.12. The molecule has 1 aliphatic heterocycles. The summed E-state index contributed by atoms with van der Waals surface area (Å²) in [6.45, 7) is 0.429. The minimum absolute atomic E-state index is 0.00231. The number of hydrogen-bond acceptors (Lipinski definition) is 3. The van der Waals surface area contributed by atoms with E-state index in [1.807, 2.05) is 0 Å². The molecule has 0 aromatic heterocycles. The number of piperidine rings is 1. The van der Waals surface area contributed by atoms with Gasteiger partial charge >= 0.3 is 0 Å². The Kier molecular flexibility index (Phi) is 1.82. The van der Waals surface area contributed by atoms with Gasteiger partial charge < -0.3 is 16.8 Å². The Bertz CT molecular complexity index is 204. The summed E-state index contributed by atoms with van der Waals surface area (Å²) >= 11 is 0. The Morgan fingerprint density at radius 1 is 1.64 bits per heavy atom. The minimum Gasteiger partial charge on any atom is -0.368 e. The van der Waals surface area contributed by atoms with Gasteiger partial charge in [-0.2, -0.15) is 0 Å². The highest BCUT2D eigenvalue weighted by Gasteiger charge is 2.36. The summed E-state index contributed by atoms with van der Waals surface area (Å²) in [7, 11) is 0. The van der Waals surface area contributed by atoms with Crippen molar-refractivity contribution in [2.75, 3.05) is 6.54 Å². The van der Waals surface area contributed by atoms with E-state index in [1.54, 1.807) is 0 Å². The zero-order valence-electron chi connectivity index (χ0n) is 6.09. The van der Waals surface area contributed by atoms with Gasteiger partial charge in [-0.15, -0.1) is 0 Å². The number of primary amides is 1. The molecule has 0 saturated carbocycles. The molecule has 0 aliphatic carbocycles. The number of carbonyl (C=O) groups excluding carboxylic acids is 2. The fourth-order valence-corrected chi connectivity index (χ4v) is 1.07. The van der Waals surface area contributed by atoms with E-state index in [4.69, 9.17) is 11.5 Å². The topological polar surface area (TPSA) is 98.2 Å². The molecular weight excluding hydrogens is 146 g/mol. The molecule has 1 saturated heterocycles. The van der Waals surface area contributed by atoms with Gasteiger partial charge in [0.25, 0.3) is 0 Å². The quantitative estimate of drug-likeness (QED) is 0.413. The Hall–Kier alpha value is -1.10. The lowest BCUT2D eigenvalue weighted by atomic mass is 9.88. The molecule has 0 radical (unpaired) electrons. The molecule has 1 aliphatic rings. The van der Waals surface area contributed by atoms with Crippen molar-refractivity contribution in [2.45, 2.75) is 18.4 Å². The first-order valence-electron chi connectivity index (χ1n) is 3.40. The van der Waals surface area contributed by atoms with Gasteiger partial charge in [-0.25, -0.2) is 0 Å². The van der Waals surface area contributed by atoms with Crippen LogP contribution in [0.4, 0.5) is 0 Å². The molecule has 1 heterocycles. The van der Waals surface area contributed by atoms with Gasteiger partial charge in [0.15, 0.2) is 0 Å². The molecule has 62 valence electrons. The molecule has 1 fully saturated rings. The highest BCUT2D eigenvalue weighted by Crippen LogP contribution is 2.14. The van der Waals surface area contributed by atoms with Crippen LogP contribution in [0.15, 0.2) is 0 Å². The van der Waals surface area contributed by atoms with Crippen LogP contribution in [0.5, 0.6) is 0 Å². The van der Waals surface area contributed by atoms with Crippen LogP contribution in [0.25, 0.3) is 0 Å². The second kappa shape index (κ2) is 2.50. The van der Waals surface area contributed by atoms with Crippen LogP contribution in [0.1, 0.15) is 12.8 Å². The monoisotopic (exact) mass is 157 g/mol. The van der Waals surface area contributed by atoms with Gasteiger partial charge in [-0.05, 0) is 6.42 Å². The van der Waals surface area contributed by atoms with Crippen molar-refractivity contribution in [1.82, 2.24) is 5.32 Å². The van der Waals surface area contributed by atoms with Gasteiger partial charge in [-0.1, -0.05) is 0 Å². The van der Waals surface area contributed by atoms with Crippen molar-refractivity contribution in [3.05, 3.63) is 0 Å². The lowest BCUT2D eigenvalue weighted by molar-refractivity contribution is -0.131. The Labute approximate surface area is 64.1 Å². The molecule has 5 N–H and O–H groups in total. The van der Waals surface area contributed by atoms with Crippen LogP contribution < -0.4 is 16.8 Å². The zero-order valence-corrected chi connectivity index (χ0v) is 6.09. The van der Waals surface area contributed by atoms with E-state index in [9.17, 15) is 9.59 Å². The molecule has 1 atom stereocenters. The molecule has 1 rings (SSSR count). The highest BCUT2D eigenvalue weighted by molar-refractivity contribution is 5.92. The van der Waals surface area contributed by atoms with Crippen LogP contribution in [-0.4, -0.2) is 23.9 Å². The molecule has 2 amide bonds. The van der Waals surface area contributed by atoms with E-state index in [-0.39, 0.29) is 12.3 Å². The first-order valence-corrected chi connectivity index (χ1v) is 3.40. The standard InChI is InChI=1S/C6H11N3O2/c7-5(11)6(8)1-2-9-4(10)3-6/h1-3,8H2,(H2,7,11)(H,9,10). The van der Waals surface area contributed by atoms with E-state index < -0.39 is 11.4 Å². The van der Waals surface area contributed by atoms with Crippen LogP contribution in [0.3, 0.4) is 0 Å². The SMILES string of the molecule is NC(=O)C1(N)CCNC(=O)C1. The summed E-state index contributed by atoms with van der Waals surface area (Å²) in [6.07, 6.45) is 0.427. The first-order chi connectivity index (χ1) is 5.04. The summed E-state index contributed by atoms with van der Waals surface area (Å²) in [5.41, 5.74) is 9.45.